The van der Waals surface area contributed by atoms with Crippen LogP contribution in [0.25, 0.3) is 0 Å². The monoisotopic (exact) mass is 292 g/mol. The molecule has 0 radical (unpaired) electrons. The van der Waals surface area contributed by atoms with Crippen LogP contribution < -0.4 is 5.32 Å². The second-order valence-electron chi connectivity index (χ2n) is 5.04. The summed E-state index contributed by atoms with van der Waals surface area (Å²) in [7, 11) is 0. The molecular formula is C16H21FN2S. The first-order chi connectivity index (χ1) is 9.58. The zero-order valence-electron chi connectivity index (χ0n) is 12.2. The Balaban J connectivity index is 2.04. The highest BCUT2D eigenvalue weighted by Crippen LogP contribution is 2.19. The second-order valence-corrected chi connectivity index (χ2v) is 6.33. The first-order valence-electron chi connectivity index (χ1n) is 6.99. The van der Waals surface area contributed by atoms with Crippen molar-refractivity contribution in [2.75, 3.05) is 6.54 Å². The molecule has 0 bridgehead atoms. The van der Waals surface area contributed by atoms with Gasteiger partial charge in [-0.05, 0) is 44.5 Å². The molecule has 1 aromatic carbocycles. The van der Waals surface area contributed by atoms with E-state index in [4.69, 9.17) is 0 Å². The molecule has 20 heavy (non-hydrogen) atoms. The van der Waals surface area contributed by atoms with Crippen molar-refractivity contribution in [1.82, 2.24) is 10.3 Å². The van der Waals surface area contributed by atoms with E-state index in [0.717, 1.165) is 30.6 Å². The maximum atomic E-state index is 12.9. The smallest absolute Gasteiger partial charge is 0.123 e. The number of rotatable bonds is 6. The first kappa shape index (κ1) is 15.1. The topological polar surface area (TPSA) is 24.9 Å². The number of halogens is 1. The fraction of sp³-hybridized carbons (Fsp3) is 0.438. The largest absolute Gasteiger partial charge is 0.314 e. The van der Waals surface area contributed by atoms with E-state index in [9.17, 15) is 4.39 Å². The molecule has 108 valence electrons. The van der Waals surface area contributed by atoms with Gasteiger partial charge in [-0.2, -0.15) is 0 Å². The molecule has 0 aliphatic carbocycles. The van der Waals surface area contributed by atoms with Gasteiger partial charge >= 0.3 is 0 Å². The van der Waals surface area contributed by atoms with Crippen LogP contribution in [0.1, 0.15) is 28.1 Å². The maximum absolute atomic E-state index is 12.9. The minimum Gasteiger partial charge on any atom is -0.314 e. The van der Waals surface area contributed by atoms with E-state index >= 15 is 0 Å². The minimum atomic E-state index is -0.181. The lowest BCUT2D eigenvalue weighted by atomic mass is 10.0. The van der Waals surface area contributed by atoms with Crippen molar-refractivity contribution in [3.8, 4) is 0 Å². The van der Waals surface area contributed by atoms with E-state index < -0.39 is 0 Å². The number of likely N-dealkylation sites (N-methyl/N-ethyl adjacent to an activating group) is 1. The number of aromatic nitrogens is 1. The van der Waals surface area contributed by atoms with Crippen LogP contribution >= 0.6 is 11.3 Å². The zero-order chi connectivity index (χ0) is 14.5. The number of nitrogens with zero attached hydrogens (tertiary/aromatic N) is 1. The van der Waals surface area contributed by atoms with Gasteiger partial charge in [-0.15, -0.1) is 11.3 Å². The van der Waals surface area contributed by atoms with Crippen LogP contribution in [0.3, 0.4) is 0 Å². The van der Waals surface area contributed by atoms with Gasteiger partial charge in [0.2, 0.25) is 0 Å². The molecule has 1 aromatic heterocycles. The summed E-state index contributed by atoms with van der Waals surface area (Å²) in [5.41, 5.74) is 2.28. The SMILES string of the molecule is CCNC(Cc1ccc(F)cc1)Cc1nc(C)c(C)s1. The Bertz CT molecular complexity index is 529. The third-order valence-electron chi connectivity index (χ3n) is 3.38. The average Bonchev–Trinajstić information content (AvgIpc) is 2.71. The highest BCUT2D eigenvalue weighted by Gasteiger charge is 2.13. The molecule has 1 N–H and O–H groups in total. The highest BCUT2D eigenvalue weighted by molar-refractivity contribution is 7.11. The fourth-order valence-corrected chi connectivity index (χ4v) is 3.26. The molecule has 2 rings (SSSR count). The van der Waals surface area contributed by atoms with Crippen molar-refractivity contribution in [2.24, 2.45) is 0 Å². The van der Waals surface area contributed by atoms with E-state index in [1.165, 1.54) is 22.0 Å². The number of hydrogen-bond acceptors (Lipinski definition) is 3. The summed E-state index contributed by atoms with van der Waals surface area (Å²) in [5.74, 6) is -0.181. The van der Waals surface area contributed by atoms with Gasteiger partial charge in [-0.25, -0.2) is 9.37 Å². The molecule has 0 fully saturated rings. The van der Waals surface area contributed by atoms with E-state index in [2.05, 4.69) is 31.1 Å². The number of thiazole rings is 1. The van der Waals surface area contributed by atoms with E-state index in [0.29, 0.717) is 6.04 Å². The number of benzene rings is 1. The molecule has 2 aromatic rings. The molecule has 1 heterocycles. The van der Waals surface area contributed by atoms with Crippen LogP contribution in [0.15, 0.2) is 24.3 Å². The molecule has 0 spiro atoms. The van der Waals surface area contributed by atoms with E-state index in [-0.39, 0.29) is 5.82 Å². The van der Waals surface area contributed by atoms with Crippen molar-refractivity contribution in [3.05, 3.63) is 51.2 Å². The second kappa shape index (κ2) is 6.95. The Kier molecular flexibility index (Phi) is 5.26. The third-order valence-corrected chi connectivity index (χ3v) is 4.48. The summed E-state index contributed by atoms with van der Waals surface area (Å²) in [4.78, 5) is 5.90. The predicted octanol–water partition coefficient (Wildman–Crippen LogP) is 3.66. The van der Waals surface area contributed by atoms with Gasteiger partial charge in [0.25, 0.3) is 0 Å². The zero-order valence-corrected chi connectivity index (χ0v) is 13.1. The quantitative estimate of drug-likeness (QED) is 0.879. The van der Waals surface area contributed by atoms with Gasteiger partial charge in [-0.1, -0.05) is 19.1 Å². The third kappa shape index (κ3) is 4.12. The van der Waals surface area contributed by atoms with E-state index in [1.54, 1.807) is 11.3 Å². The summed E-state index contributed by atoms with van der Waals surface area (Å²) >= 11 is 1.77. The van der Waals surface area contributed by atoms with Gasteiger partial charge in [-0.3, -0.25) is 0 Å². The average molecular weight is 292 g/mol. The lowest BCUT2D eigenvalue weighted by Crippen LogP contribution is -2.33. The van der Waals surface area contributed by atoms with Crippen LogP contribution in [0.2, 0.25) is 0 Å². The Morgan fingerprint density at radius 1 is 1.20 bits per heavy atom. The predicted molar refractivity (Wildman–Crippen MR) is 82.9 cm³/mol. The molecule has 2 nitrogen and oxygen atoms in total. The number of nitrogens with one attached hydrogen (secondary N) is 1. The number of hydrogen-bond donors (Lipinski definition) is 1. The Morgan fingerprint density at radius 3 is 2.45 bits per heavy atom. The van der Waals surface area contributed by atoms with Gasteiger partial charge in [0.1, 0.15) is 5.82 Å². The summed E-state index contributed by atoms with van der Waals surface area (Å²) in [6.45, 7) is 7.20. The normalized spacial score (nSPS) is 12.6. The fourth-order valence-electron chi connectivity index (χ4n) is 2.25. The standard InChI is InChI=1S/C16H21FN2S/c1-4-18-15(9-13-5-7-14(17)8-6-13)10-16-19-11(2)12(3)20-16/h5-8,15,18H,4,9-10H2,1-3H3. The maximum Gasteiger partial charge on any atom is 0.123 e. The number of aryl methyl sites for hydroxylation is 2. The molecule has 1 atom stereocenters. The van der Waals surface area contributed by atoms with Crippen molar-refractivity contribution < 1.29 is 4.39 Å². The van der Waals surface area contributed by atoms with Gasteiger partial charge in [0.05, 0.1) is 10.7 Å². The Hall–Kier alpha value is -1.26. The van der Waals surface area contributed by atoms with Crippen molar-refractivity contribution in [3.63, 3.8) is 0 Å². The van der Waals surface area contributed by atoms with Crippen molar-refractivity contribution >= 4 is 11.3 Å². The van der Waals surface area contributed by atoms with Gasteiger partial charge < -0.3 is 5.32 Å². The Labute approximate surface area is 124 Å². The molecule has 0 saturated heterocycles. The molecule has 4 heteroatoms. The molecule has 0 aliphatic rings. The summed E-state index contributed by atoms with van der Waals surface area (Å²) in [6, 6.07) is 7.11. The first-order valence-corrected chi connectivity index (χ1v) is 7.81. The summed E-state index contributed by atoms with van der Waals surface area (Å²) < 4.78 is 12.9. The van der Waals surface area contributed by atoms with Crippen LogP contribution in [-0.2, 0) is 12.8 Å². The van der Waals surface area contributed by atoms with Crippen molar-refractivity contribution in [2.45, 2.75) is 39.7 Å². The van der Waals surface area contributed by atoms with Crippen LogP contribution in [0.5, 0.6) is 0 Å². The van der Waals surface area contributed by atoms with Crippen LogP contribution in [-0.4, -0.2) is 17.6 Å². The van der Waals surface area contributed by atoms with Crippen molar-refractivity contribution in [1.29, 1.82) is 0 Å². The molecular weight excluding hydrogens is 271 g/mol. The van der Waals surface area contributed by atoms with E-state index in [1.807, 2.05) is 12.1 Å². The van der Waals surface area contributed by atoms with Crippen LogP contribution in [0, 0.1) is 19.7 Å². The lowest BCUT2D eigenvalue weighted by molar-refractivity contribution is 0.519. The summed E-state index contributed by atoms with van der Waals surface area (Å²) in [6.07, 6.45) is 1.82. The van der Waals surface area contributed by atoms with Crippen LogP contribution in [0.4, 0.5) is 4.39 Å². The molecule has 0 saturated carbocycles. The minimum absolute atomic E-state index is 0.181. The van der Waals surface area contributed by atoms with Gasteiger partial charge in [0, 0.05) is 17.3 Å². The highest BCUT2D eigenvalue weighted by atomic mass is 32.1. The Morgan fingerprint density at radius 2 is 1.90 bits per heavy atom. The molecule has 0 aliphatic heterocycles. The molecule has 0 amide bonds. The summed E-state index contributed by atoms with van der Waals surface area (Å²) in [5, 5.41) is 4.67. The molecule has 1 unspecified atom stereocenters. The lowest BCUT2D eigenvalue weighted by Gasteiger charge is -2.16. The van der Waals surface area contributed by atoms with Gasteiger partial charge in [0.15, 0.2) is 0 Å².